The molecule has 0 radical (unpaired) electrons. The van der Waals surface area contributed by atoms with E-state index in [2.05, 4.69) is 0 Å². The monoisotopic (exact) mass is 250 g/mol. The van der Waals surface area contributed by atoms with E-state index >= 15 is 0 Å². The summed E-state index contributed by atoms with van der Waals surface area (Å²) in [4.78, 5) is 11.4. The summed E-state index contributed by atoms with van der Waals surface area (Å²) in [6, 6.07) is 0. The average Bonchev–Trinajstić information content (AvgIpc) is 2.32. The molecule has 0 heterocycles. The molecule has 0 aromatic heterocycles. The standard InChI is InChI=1S/C10H18O7/c1-4(2)6(13)8(15)10(17)9(16)7(14)5(12)3-11/h5,7,9-14,16-17H,3H2,1-2H3/t5-,7-,9-,10-/m1/s1. The molecule has 7 heteroatoms. The Morgan fingerprint density at radius 2 is 1.53 bits per heavy atom. The quantitative estimate of drug-likeness (QED) is 0.233. The minimum Gasteiger partial charge on any atom is -0.504 e. The Balaban J connectivity index is 4.77. The summed E-state index contributed by atoms with van der Waals surface area (Å²) < 4.78 is 0. The summed E-state index contributed by atoms with van der Waals surface area (Å²) in [6.45, 7) is 2.00. The molecule has 0 unspecified atom stereocenters. The van der Waals surface area contributed by atoms with Crippen LogP contribution in [0.15, 0.2) is 11.3 Å². The minimum atomic E-state index is -2.08. The molecule has 0 aliphatic carbocycles. The van der Waals surface area contributed by atoms with Crippen molar-refractivity contribution in [3.63, 3.8) is 0 Å². The molecular weight excluding hydrogens is 232 g/mol. The highest BCUT2D eigenvalue weighted by molar-refractivity contribution is 5.97. The van der Waals surface area contributed by atoms with Crippen LogP contribution in [0.3, 0.4) is 0 Å². The average molecular weight is 250 g/mol. The van der Waals surface area contributed by atoms with Crippen LogP contribution < -0.4 is 0 Å². The number of hydrogen-bond acceptors (Lipinski definition) is 7. The number of allylic oxidation sites excluding steroid dienone is 1. The number of aliphatic hydroxyl groups is 6. The Kier molecular flexibility index (Phi) is 6.29. The van der Waals surface area contributed by atoms with Crippen LogP contribution in [0.4, 0.5) is 0 Å². The van der Waals surface area contributed by atoms with E-state index in [0.717, 1.165) is 0 Å². The third-order valence-electron chi connectivity index (χ3n) is 2.23. The lowest BCUT2D eigenvalue weighted by atomic mass is 9.98. The van der Waals surface area contributed by atoms with Crippen molar-refractivity contribution in [3.8, 4) is 0 Å². The Hall–Kier alpha value is -0.990. The van der Waals surface area contributed by atoms with Crippen molar-refractivity contribution in [1.82, 2.24) is 0 Å². The highest BCUT2D eigenvalue weighted by atomic mass is 16.4. The fourth-order valence-electron chi connectivity index (χ4n) is 1.06. The van der Waals surface area contributed by atoms with E-state index in [0.29, 0.717) is 0 Å². The number of carbonyl (C=O) groups excluding carboxylic acids is 1. The fraction of sp³-hybridized carbons (Fsp3) is 0.700. The number of ketones is 1. The summed E-state index contributed by atoms with van der Waals surface area (Å²) in [7, 11) is 0. The number of carbonyl (C=O) groups is 1. The van der Waals surface area contributed by atoms with Gasteiger partial charge in [0.05, 0.1) is 6.61 Å². The topological polar surface area (TPSA) is 138 Å². The first-order chi connectivity index (χ1) is 7.73. The van der Waals surface area contributed by atoms with Gasteiger partial charge in [-0.05, 0) is 19.4 Å². The second-order valence-corrected chi connectivity index (χ2v) is 3.89. The maximum atomic E-state index is 11.4. The lowest BCUT2D eigenvalue weighted by molar-refractivity contribution is -0.145. The van der Waals surface area contributed by atoms with Crippen molar-refractivity contribution in [2.45, 2.75) is 38.3 Å². The molecule has 0 amide bonds. The molecule has 0 aliphatic heterocycles. The van der Waals surface area contributed by atoms with Crippen molar-refractivity contribution < 1.29 is 35.4 Å². The summed E-state index contributed by atoms with van der Waals surface area (Å²) in [5, 5.41) is 54.8. The Labute approximate surface area is 98.3 Å². The fourth-order valence-corrected chi connectivity index (χ4v) is 1.06. The molecule has 0 rings (SSSR count). The van der Waals surface area contributed by atoms with Gasteiger partial charge in [0.2, 0.25) is 5.78 Å². The molecule has 0 saturated heterocycles. The van der Waals surface area contributed by atoms with E-state index in [9.17, 15) is 25.2 Å². The molecule has 6 N–H and O–H groups in total. The largest absolute Gasteiger partial charge is 0.504 e. The zero-order valence-electron chi connectivity index (χ0n) is 9.61. The molecule has 100 valence electrons. The van der Waals surface area contributed by atoms with E-state index in [1.54, 1.807) is 0 Å². The predicted octanol–water partition coefficient (Wildman–Crippen LogP) is -2.16. The Morgan fingerprint density at radius 3 is 1.88 bits per heavy atom. The van der Waals surface area contributed by atoms with E-state index in [1.807, 2.05) is 0 Å². The lowest BCUT2D eigenvalue weighted by Crippen LogP contribution is -2.49. The molecule has 0 saturated carbocycles. The molecular formula is C10H18O7. The van der Waals surface area contributed by atoms with Gasteiger partial charge in [-0.3, -0.25) is 4.79 Å². The van der Waals surface area contributed by atoms with E-state index in [1.165, 1.54) is 13.8 Å². The van der Waals surface area contributed by atoms with Crippen LogP contribution in [0.25, 0.3) is 0 Å². The highest BCUT2D eigenvalue weighted by Gasteiger charge is 2.35. The predicted molar refractivity (Wildman–Crippen MR) is 57.1 cm³/mol. The van der Waals surface area contributed by atoms with Crippen molar-refractivity contribution in [2.75, 3.05) is 6.61 Å². The summed E-state index contributed by atoms with van der Waals surface area (Å²) >= 11 is 0. The zero-order valence-corrected chi connectivity index (χ0v) is 9.61. The second-order valence-electron chi connectivity index (χ2n) is 3.89. The zero-order chi connectivity index (χ0) is 13.7. The first-order valence-electron chi connectivity index (χ1n) is 4.97. The van der Waals surface area contributed by atoms with Gasteiger partial charge in [0.15, 0.2) is 5.76 Å². The Bertz CT molecular complexity index is 295. The normalized spacial score (nSPS) is 18.1. The van der Waals surface area contributed by atoms with Crippen LogP contribution in [-0.2, 0) is 4.79 Å². The van der Waals surface area contributed by atoms with Gasteiger partial charge in [-0.2, -0.15) is 0 Å². The lowest BCUT2D eigenvalue weighted by Gasteiger charge is -2.24. The van der Waals surface area contributed by atoms with Crippen LogP contribution >= 0.6 is 0 Å². The maximum Gasteiger partial charge on any atom is 0.228 e. The molecule has 17 heavy (non-hydrogen) atoms. The number of rotatable bonds is 6. The van der Waals surface area contributed by atoms with Crippen LogP contribution in [0.2, 0.25) is 0 Å². The molecule has 7 nitrogen and oxygen atoms in total. The highest BCUT2D eigenvalue weighted by Crippen LogP contribution is 2.11. The van der Waals surface area contributed by atoms with Gasteiger partial charge >= 0.3 is 0 Å². The summed E-state index contributed by atoms with van der Waals surface area (Å²) in [6.07, 6.45) is -7.68. The van der Waals surface area contributed by atoms with Crippen LogP contribution in [0.5, 0.6) is 0 Å². The van der Waals surface area contributed by atoms with Crippen molar-refractivity contribution in [2.24, 2.45) is 0 Å². The summed E-state index contributed by atoms with van der Waals surface area (Å²) in [5.41, 5.74) is 0.235. The number of Topliss-reactive ketones (excluding diaryl/α,β-unsaturated/α-hetero) is 1. The smallest absolute Gasteiger partial charge is 0.228 e. The molecule has 0 aliphatic rings. The van der Waals surface area contributed by atoms with Crippen LogP contribution in [0.1, 0.15) is 13.8 Å². The third kappa shape index (κ3) is 4.06. The SMILES string of the molecule is CC(C)=C(O)C(=O)[C@@H](O)[C@H](O)[C@H](O)[C@H](O)CO. The van der Waals surface area contributed by atoms with Gasteiger partial charge in [-0.15, -0.1) is 0 Å². The van der Waals surface area contributed by atoms with Crippen molar-refractivity contribution in [3.05, 3.63) is 11.3 Å². The number of aliphatic hydroxyl groups excluding tert-OH is 6. The van der Waals surface area contributed by atoms with Crippen molar-refractivity contribution in [1.29, 1.82) is 0 Å². The molecule has 0 spiro atoms. The molecule has 0 bridgehead atoms. The second kappa shape index (κ2) is 6.67. The van der Waals surface area contributed by atoms with Gasteiger partial charge in [0.1, 0.15) is 24.4 Å². The van der Waals surface area contributed by atoms with E-state index in [4.69, 9.17) is 10.2 Å². The van der Waals surface area contributed by atoms with Crippen molar-refractivity contribution >= 4 is 5.78 Å². The third-order valence-corrected chi connectivity index (χ3v) is 2.23. The summed E-state index contributed by atoms with van der Waals surface area (Å²) in [5.74, 6) is -1.89. The first-order valence-corrected chi connectivity index (χ1v) is 4.97. The molecule has 0 aromatic carbocycles. The molecule has 4 atom stereocenters. The van der Waals surface area contributed by atoms with E-state index in [-0.39, 0.29) is 5.57 Å². The van der Waals surface area contributed by atoms with Crippen LogP contribution in [-0.4, -0.2) is 67.4 Å². The van der Waals surface area contributed by atoms with Gasteiger partial charge in [0, 0.05) is 0 Å². The van der Waals surface area contributed by atoms with Gasteiger partial charge < -0.3 is 30.6 Å². The number of hydrogen-bond donors (Lipinski definition) is 6. The Morgan fingerprint density at radius 1 is 1.06 bits per heavy atom. The minimum absolute atomic E-state index is 0.235. The first kappa shape index (κ1) is 16.0. The molecule has 0 fully saturated rings. The maximum absolute atomic E-state index is 11.4. The van der Waals surface area contributed by atoms with Gasteiger partial charge in [-0.1, -0.05) is 0 Å². The van der Waals surface area contributed by atoms with Crippen LogP contribution in [0, 0.1) is 0 Å². The van der Waals surface area contributed by atoms with Gasteiger partial charge in [0.25, 0.3) is 0 Å². The molecule has 0 aromatic rings. The van der Waals surface area contributed by atoms with E-state index < -0.39 is 42.6 Å². The van der Waals surface area contributed by atoms with Gasteiger partial charge in [-0.25, -0.2) is 0 Å².